The van der Waals surface area contributed by atoms with E-state index in [4.69, 9.17) is 21.1 Å². The highest BCUT2D eigenvalue weighted by Gasteiger charge is 2.20. The van der Waals surface area contributed by atoms with E-state index in [1.807, 2.05) is 54.7 Å². The maximum Gasteiger partial charge on any atom is 0.339 e. The first-order chi connectivity index (χ1) is 16.5. The van der Waals surface area contributed by atoms with E-state index in [0.29, 0.717) is 12.3 Å². The Hall–Kier alpha value is -3.97. The van der Waals surface area contributed by atoms with Crippen LogP contribution in [0.2, 0.25) is 5.02 Å². The van der Waals surface area contributed by atoms with Gasteiger partial charge in [0.05, 0.1) is 7.11 Å². The molecule has 0 spiro atoms. The number of methoxy groups -OCH3 is 1. The van der Waals surface area contributed by atoms with Crippen LogP contribution in [0.15, 0.2) is 72.9 Å². The summed E-state index contributed by atoms with van der Waals surface area (Å²) in [5.74, 6) is -0.738. The minimum atomic E-state index is -1.19. The normalized spacial score (nSPS) is 10.8. The number of hydrogen-bond acceptors (Lipinski definition) is 4. The Morgan fingerprint density at radius 1 is 0.971 bits per heavy atom. The molecular weight excluding hydrogens is 456 g/mol. The molecule has 3 aromatic carbocycles. The van der Waals surface area contributed by atoms with Crippen LogP contribution < -0.4 is 9.47 Å². The molecule has 0 aliphatic rings. The highest BCUT2D eigenvalue weighted by atomic mass is 35.5. The highest BCUT2D eigenvalue weighted by molar-refractivity contribution is 6.31. The van der Waals surface area contributed by atoms with Gasteiger partial charge in [-0.3, -0.25) is 4.79 Å². The van der Waals surface area contributed by atoms with Crippen molar-refractivity contribution < 1.29 is 24.2 Å². The molecule has 1 aromatic heterocycles. The molecule has 0 aliphatic heterocycles. The smallest absolute Gasteiger partial charge is 0.339 e. The van der Waals surface area contributed by atoms with Crippen molar-refractivity contribution in [1.29, 1.82) is 0 Å². The van der Waals surface area contributed by atoms with Crippen molar-refractivity contribution in [2.24, 2.45) is 0 Å². The van der Waals surface area contributed by atoms with E-state index >= 15 is 0 Å². The molecule has 7 nitrogen and oxygen atoms in total. The highest BCUT2D eigenvalue weighted by Crippen LogP contribution is 2.25. The van der Waals surface area contributed by atoms with Gasteiger partial charge in [-0.15, -0.1) is 0 Å². The molecule has 0 unspecified atom stereocenters. The lowest BCUT2D eigenvalue weighted by Crippen LogP contribution is -2.34. The number of carboxylic acids is 1. The van der Waals surface area contributed by atoms with Crippen molar-refractivity contribution >= 4 is 34.4 Å². The topological polar surface area (TPSA) is 91.9 Å². The first-order valence-corrected chi connectivity index (χ1v) is 10.9. The Morgan fingerprint density at radius 2 is 1.71 bits per heavy atom. The molecule has 174 valence electrons. The molecule has 0 atom stereocenters. The molecule has 0 radical (unpaired) electrons. The second kappa shape index (κ2) is 10.3. The number of aromatic amines is 1. The van der Waals surface area contributed by atoms with Crippen molar-refractivity contribution in [3.63, 3.8) is 0 Å². The summed E-state index contributed by atoms with van der Waals surface area (Å²) in [7, 11) is 1.59. The molecule has 0 saturated heterocycles. The van der Waals surface area contributed by atoms with Gasteiger partial charge >= 0.3 is 5.97 Å². The first-order valence-electron chi connectivity index (χ1n) is 10.6. The number of fused-ring (bicyclic) bond motifs is 1. The Balaban J connectivity index is 1.59. The van der Waals surface area contributed by atoms with Gasteiger partial charge in [-0.25, -0.2) is 4.79 Å². The third kappa shape index (κ3) is 5.15. The summed E-state index contributed by atoms with van der Waals surface area (Å²) in [4.78, 5) is 29.7. The van der Waals surface area contributed by atoms with Crippen LogP contribution in [0.3, 0.4) is 0 Å². The average Bonchev–Trinajstić information content (AvgIpc) is 3.25. The second-order valence-corrected chi connectivity index (χ2v) is 8.09. The zero-order chi connectivity index (χ0) is 24.1. The van der Waals surface area contributed by atoms with Crippen LogP contribution in [-0.2, 0) is 17.9 Å². The Morgan fingerprint density at radius 3 is 2.50 bits per heavy atom. The molecule has 34 heavy (non-hydrogen) atoms. The zero-order valence-electron chi connectivity index (χ0n) is 18.5. The van der Waals surface area contributed by atoms with Crippen molar-refractivity contribution in [1.82, 2.24) is 9.88 Å². The van der Waals surface area contributed by atoms with Crippen LogP contribution in [0.5, 0.6) is 11.5 Å². The number of aromatic carboxylic acids is 1. The monoisotopic (exact) mass is 478 g/mol. The van der Waals surface area contributed by atoms with Gasteiger partial charge in [-0.2, -0.15) is 0 Å². The number of halogens is 1. The van der Waals surface area contributed by atoms with Crippen molar-refractivity contribution in [3.8, 4) is 11.5 Å². The summed E-state index contributed by atoms with van der Waals surface area (Å²) in [6, 6.07) is 19.6. The van der Waals surface area contributed by atoms with Gasteiger partial charge in [-0.05, 0) is 35.9 Å². The number of nitrogens with one attached hydrogen (secondary N) is 1. The summed E-state index contributed by atoms with van der Waals surface area (Å²) >= 11 is 5.91. The van der Waals surface area contributed by atoms with E-state index in [1.165, 1.54) is 18.2 Å². The Kier molecular flexibility index (Phi) is 7.04. The Bertz CT molecular complexity index is 1330. The number of amides is 1. The largest absolute Gasteiger partial charge is 0.496 e. The van der Waals surface area contributed by atoms with Gasteiger partial charge in [0.15, 0.2) is 6.61 Å². The quantitative estimate of drug-likeness (QED) is 0.347. The number of hydrogen-bond donors (Lipinski definition) is 2. The lowest BCUT2D eigenvalue weighted by atomic mass is 10.1. The molecule has 4 rings (SSSR count). The molecule has 1 amide bonds. The standard InChI is InChI=1S/C26H23ClN2O5/c1-33-23-9-5-2-6-17(23)14-29(15-18-13-28-22-8-4-3-7-20(18)22)25(30)16-34-24-11-10-19(27)12-21(24)26(31)32/h2-13,28H,14-16H2,1H3,(H,31,32). The van der Waals surface area contributed by atoms with E-state index < -0.39 is 5.97 Å². The summed E-state index contributed by atoms with van der Waals surface area (Å²) < 4.78 is 11.1. The van der Waals surface area contributed by atoms with Crippen molar-refractivity contribution in [2.45, 2.75) is 13.1 Å². The van der Waals surface area contributed by atoms with Gasteiger partial charge < -0.3 is 24.5 Å². The molecule has 0 aliphatic carbocycles. The summed E-state index contributed by atoms with van der Waals surface area (Å²) in [5.41, 5.74) is 2.67. The number of para-hydroxylation sites is 2. The number of ether oxygens (including phenoxy) is 2. The van der Waals surface area contributed by atoms with Crippen molar-refractivity contribution in [3.05, 3.63) is 94.6 Å². The van der Waals surface area contributed by atoms with Gasteiger partial charge in [0, 0.05) is 40.8 Å². The van der Waals surface area contributed by atoms with E-state index in [2.05, 4.69) is 4.98 Å². The number of aromatic nitrogens is 1. The summed E-state index contributed by atoms with van der Waals surface area (Å²) in [6.07, 6.45) is 1.88. The van der Waals surface area contributed by atoms with Crippen LogP contribution in [0.4, 0.5) is 0 Å². The number of benzene rings is 3. The van der Waals surface area contributed by atoms with E-state index in [-0.39, 0.29) is 35.4 Å². The van der Waals surface area contributed by atoms with Gasteiger partial charge in [-0.1, -0.05) is 48.0 Å². The lowest BCUT2D eigenvalue weighted by Gasteiger charge is -2.24. The van der Waals surface area contributed by atoms with E-state index in [9.17, 15) is 14.7 Å². The molecule has 0 fully saturated rings. The van der Waals surface area contributed by atoms with Crippen LogP contribution in [-0.4, -0.2) is 40.6 Å². The average molecular weight is 479 g/mol. The first kappa shape index (κ1) is 23.2. The third-order valence-corrected chi connectivity index (χ3v) is 5.70. The fourth-order valence-electron chi connectivity index (χ4n) is 3.77. The zero-order valence-corrected chi connectivity index (χ0v) is 19.2. The molecule has 0 bridgehead atoms. The molecule has 1 heterocycles. The minimum Gasteiger partial charge on any atom is -0.496 e. The molecule has 0 saturated carbocycles. The molecular formula is C26H23ClN2O5. The van der Waals surface area contributed by atoms with Crippen LogP contribution in [0.1, 0.15) is 21.5 Å². The fourth-order valence-corrected chi connectivity index (χ4v) is 3.94. The molecule has 4 aromatic rings. The SMILES string of the molecule is COc1ccccc1CN(Cc1c[nH]c2ccccc12)C(=O)COc1ccc(Cl)cc1C(=O)O. The number of H-pyrrole nitrogens is 1. The number of carbonyl (C=O) groups excluding carboxylic acids is 1. The number of nitrogens with zero attached hydrogens (tertiary/aromatic N) is 1. The summed E-state index contributed by atoms with van der Waals surface area (Å²) in [5, 5.41) is 10.7. The number of rotatable bonds is 9. The fraction of sp³-hybridized carbons (Fsp3) is 0.154. The molecule has 8 heteroatoms. The lowest BCUT2D eigenvalue weighted by molar-refractivity contribution is -0.134. The number of carbonyl (C=O) groups is 2. The van der Waals surface area contributed by atoms with Gasteiger partial charge in [0.25, 0.3) is 5.91 Å². The van der Waals surface area contributed by atoms with Crippen LogP contribution >= 0.6 is 11.6 Å². The van der Waals surface area contributed by atoms with Gasteiger partial charge in [0.1, 0.15) is 17.1 Å². The molecule has 2 N–H and O–H groups in total. The third-order valence-electron chi connectivity index (χ3n) is 5.47. The van der Waals surface area contributed by atoms with Gasteiger partial charge in [0.2, 0.25) is 0 Å². The maximum atomic E-state index is 13.3. The minimum absolute atomic E-state index is 0.0783. The predicted molar refractivity (Wildman–Crippen MR) is 129 cm³/mol. The number of carboxylic acid groups (broad SMARTS) is 1. The van der Waals surface area contributed by atoms with Crippen LogP contribution in [0.25, 0.3) is 10.9 Å². The second-order valence-electron chi connectivity index (χ2n) is 7.66. The van der Waals surface area contributed by atoms with E-state index in [1.54, 1.807) is 12.0 Å². The summed E-state index contributed by atoms with van der Waals surface area (Å²) in [6.45, 7) is 0.286. The Labute approximate surface area is 201 Å². The van der Waals surface area contributed by atoms with Crippen LogP contribution in [0, 0.1) is 0 Å². The van der Waals surface area contributed by atoms with Crippen molar-refractivity contribution in [2.75, 3.05) is 13.7 Å². The maximum absolute atomic E-state index is 13.3. The van der Waals surface area contributed by atoms with E-state index in [0.717, 1.165) is 22.0 Å². The predicted octanol–water partition coefficient (Wildman–Crippen LogP) is 5.14.